The number of hydrogen-bond acceptors (Lipinski definition) is 4. The molecule has 3 atom stereocenters. The number of ether oxygens (including phenoxy) is 1. The predicted octanol–water partition coefficient (Wildman–Crippen LogP) is -1.14. The van der Waals surface area contributed by atoms with Crippen LogP contribution in [-0.4, -0.2) is 41.4 Å². The number of methoxy groups -OCH3 is 1. The van der Waals surface area contributed by atoms with Crippen molar-refractivity contribution in [2.24, 2.45) is 0 Å². The maximum Gasteiger partial charge on any atom is 0.186 e. The molecule has 0 unspecified atom stereocenters. The van der Waals surface area contributed by atoms with Crippen LogP contribution in [0.5, 0.6) is 0 Å². The summed E-state index contributed by atoms with van der Waals surface area (Å²) in [6, 6.07) is 0. The van der Waals surface area contributed by atoms with Crippen LogP contribution in [0.25, 0.3) is 0 Å². The van der Waals surface area contributed by atoms with Gasteiger partial charge in [0.1, 0.15) is 18.3 Å². The highest BCUT2D eigenvalue weighted by Crippen LogP contribution is 2.12. The summed E-state index contributed by atoms with van der Waals surface area (Å²) in [4.78, 5) is 10.9. The highest BCUT2D eigenvalue weighted by Gasteiger charge is 2.32. The number of carbonyl (C=O) groups is 1. The second-order valence-corrected chi connectivity index (χ2v) is 2.40. The average Bonchev–Trinajstić information content (AvgIpc) is 1.99. The molecule has 0 radical (unpaired) electrons. The van der Waals surface area contributed by atoms with Gasteiger partial charge in [-0.05, 0) is 12.2 Å². The molecule has 0 aromatic rings. The van der Waals surface area contributed by atoms with E-state index in [0.29, 0.717) is 0 Å². The molecule has 0 fully saturated rings. The van der Waals surface area contributed by atoms with E-state index in [4.69, 9.17) is 10.2 Å². The van der Waals surface area contributed by atoms with Gasteiger partial charge in [0, 0.05) is 7.11 Å². The third-order valence-electron chi connectivity index (χ3n) is 1.65. The van der Waals surface area contributed by atoms with Crippen molar-refractivity contribution in [2.75, 3.05) is 7.11 Å². The van der Waals surface area contributed by atoms with E-state index in [9.17, 15) is 4.79 Å². The van der Waals surface area contributed by atoms with E-state index >= 15 is 0 Å². The molecule has 2 N–H and O–H groups in total. The molecule has 0 amide bonds. The Balaban J connectivity index is 2.78. The number of carbonyl (C=O) groups excluding carboxylic acids is 1. The zero-order chi connectivity index (χ0) is 8.43. The first-order valence-electron chi connectivity index (χ1n) is 3.28. The first-order chi connectivity index (χ1) is 5.16. The molecule has 0 bridgehead atoms. The molecule has 0 aromatic carbocycles. The summed E-state index contributed by atoms with van der Waals surface area (Å²) in [6.07, 6.45) is -0.598. The number of ketones is 1. The van der Waals surface area contributed by atoms with E-state index in [1.54, 1.807) is 0 Å². The normalized spacial score (nSPS) is 37.7. The number of rotatable bonds is 1. The maximum atomic E-state index is 10.9. The smallest absolute Gasteiger partial charge is 0.186 e. The lowest BCUT2D eigenvalue weighted by molar-refractivity contribution is -0.137. The average molecular weight is 158 g/mol. The van der Waals surface area contributed by atoms with Gasteiger partial charge in [-0.25, -0.2) is 0 Å². The predicted molar refractivity (Wildman–Crippen MR) is 37.0 cm³/mol. The van der Waals surface area contributed by atoms with Gasteiger partial charge in [-0.3, -0.25) is 4.79 Å². The van der Waals surface area contributed by atoms with Gasteiger partial charge < -0.3 is 14.9 Å². The van der Waals surface area contributed by atoms with E-state index in [2.05, 4.69) is 4.74 Å². The first-order valence-corrected chi connectivity index (χ1v) is 3.28. The van der Waals surface area contributed by atoms with E-state index < -0.39 is 18.3 Å². The third-order valence-corrected chi connectivity index (χ3v) is 1.65. The molecule has 4 heteroatoms. The molecule has 1 aliphatic rings. The van der Waals surface area contributed by atoms with E-state index in [1.807, 2.05) is 0 Å². The Morgan fingerprint density at radius 1 is 1.55 bits per heavy atom. The molecule has 0 saturated heterocycles. The summed E-state index contributed by atoms with van der Waals surface area (Å²) in [7, 11) is 1.32. The second kappa shape index (κ2) is 3.13. The van der Waals surface area contributed by atoms with Crippen molar-refractivity contribution >= 4 is 5.78 Å². The highest BCUT2D eigenvalue weighted by molar-refractivity contribution is 5.95. The van der Waals surface area contributed by atoms with Gasteiger partial charge in [-0.1, -0.05) is 0 Å². The zero-order valence-electron chi connectivity index (χ0n) is 6.10. The van der Waals surface area contributed by atoms with E-state index in [1.165, 1.54) is 19.3 Å². The summed E-state index contributed by atoms with van der Waals surface area (Å²) in [5.41, 5.74) is 0. The molecule has 11 heavy (non-hydrogen) atoms. The lowest BCUT2D eigenvalue weighted by atomic mass is 9.98. The van der Waals surface area contributed by atoms with Crippen molar-refractivity contribution in [3.63, 3.8) is 0 Å². The van der Waals surface area contributed by atoms with Crippen LogP contribution in [0.2, 0.25) is 0 Å². The SMILES string of the molecule is CO[C@@H]1C(=O)C=C[C@H](O)[C@@H]1O. The molecule has 0 spiro atoms. The van der Waals surface area contributed by atoms with Crippen LogP contribution in [0.4, 0.5) is 0 Å². The van der Waals surface area contributed by atoms with Crippen LogP contribution >= 0.6 is 0 Å². The fraction of sp³-hybridized carbons (Fsp3) is 0.571. The molecule has 0 aromatic heterocycles. The summed E-state index contributed by atoms with van der Waals surface area (Å²) >= 11 is 0. The topological polar surface area (TPSA) is 66.8 Å². The second-order valence-electron chi connectivity index (χ2n) is 2.40. The van der Waals surface area contributed by atoms with Gasteiger partial charge in [0.2, 0.25) is 0 Å². The maximum absolute atomic E-state index is 10.9. The summed E-state index contributed by atoms with van der Waals surface area (Å²) in [6.45, 7) is 0. The highest BCUT2D eigenvalue weighted by atomic mass is 16.5. The summed E-state index contributed by atoms with van der Waals surface area (Å²) in [5.74, 6) is -0.315. The van der Waals surface area contributed by atoms with Crippen LogP contribution in [0.3, 0.4) is 0 Å². The van der Waals surface area contributed by atoms with Crippen molar-refractivity contribution in [1.29, 1.82) is 0 Å². The van der Waals surface area contributed by atoms with Crippen molar-refractivity contribution in [2.45, 2.75) is 18.3 Å². The Hall–Kier alpha value is -0.710. The van der Waals surface area contributed by atoms with E-state index in [-0.39, 0.29) is 5.78 Å². The molecule has 1 aliphatic carbocycles. The van der Waals surface area contributed by atoms with Crippen LogP contribution in [0, 0.1) is 0 Å². The minimum atomic E-state index is -1.14. The van der Waals surface area contributed by atoms with Crippen molar-refractivity contribution in [3.8, 4) is 0 Å². The minimum absolute atomic E-state index is 0.315. The Kier molecular flexibility index (Phi) is 2.38. The van der Waals surface area contributed by atoms with Gasteiger partial charge in [-0.2, -0.15) is 0 Å². The lowest BCUT2D eigenvalue weighted by Gasteiger charge is -2.25. The van der Waals surface area contributed by atoms with Crippen LogP contribution in [-0.2, 0) is 9.53 Å². The quantitative estimate of drug-likeness (QED) is 0.506. The Morgan fingerprint density at radius 2 is 2.18 bits per heavy atom. The summed E-state index contributed by atoms with van der Waals surface area (Å²) in [5, 5.41) is 18.2. The van der Waals surface area contributed by atoms with Gasteiger partial charge in [0.05, 0.1) is 0 Å². The third kappa shape index (κ3) is 1.48. The van der Waals surface area contributed by atoms with Gasteiger partial charge in [-0.15, -0.1) is 0 Å². The standard InChI is InChI=1S/C7H10O4/c1-11-7-5(9)3-2-4(8)6(7)10/h2-4,6-8,10H,1H3/t4-,6-,7+/m0/s1. The number of hydrogen-bond donors (Lipinski definition) is 2. The Bertz CT molecular complexity index is 187. The lowest BCUT2D eigenvalue weighted by Crippen LogP contribution is -2.45. The monoisotopic (exact) mass is 158 g/mol. The van der Waals surface area contributed by atoms with E-state index in [0.717, 1.165) is 0 Å². The van der Waals surface area contributed by atoms with Gasteiger partial charge >= 0.3 is 0 Å². The van der Waals surface area contributed by atoms with Crippen LogP contribution in [0.15, 0.2) is 12.2 Å². The number of aliphatic hydroxyl groups excluding tert-OH is 2. The first kappa shape index (κ1) is 8.39. The fourth-order valence-corrected chi connectivity index (χ4v) is 1.01. The molecule has 1 rings (SSSR count). The molecular formula is C7H10O4. The minimum Gasteiger partial charge on any atom is -0.387 e. The fourth-order valence-electron chi connectivity index (χ4n) is 1.01. The molecule has 0 aliphatic heterocycles. The molecule has 62 valence electrons. The van der Waals surface area contributed by atoms with Gasteiger partial charge in [0.15, 0.2) is 5.78 Å². The van der Waals surface area contributed by atoms with Gasteiger partial charge in [0.25, 0.3) is 0 Å². The van der Waals surface area contributed by atoms with Crippen LogP contribution in [0.1, 0.15) is 0 Å². The van der Waals surface area contributed by atoms with Crippen molar-refractivity contribution < 1.29 is 19.7 Å². The number of aliphatic hydroxyl groups is 2. The largest absolute Gasteiger partial charge is 0.387 e. The van der Waals surface area contributed by atoms with Crippen molar-refractivity contribution in [3.05, 3.63) is 12.2 Å². The van der Waals surface area contributed by atoms with Crippen molar-refractivity contribution in [1.82, 2.24) is 0 Å². The molecule has 4 nitrogen and oxygen atoms in total. The molecule has 0 saturated carbocycles. The Labute approximate surface area is 64.1 Å². The molecule has 0 heterocycles. The molecular weight excluding hydrogens is 148 g/mol. The summed E-state index contributed by atoms with van der Waals surface area (Å²) < 4.78 is 4.68. The Morgan fingerprint density at radius 3 is 2.64 bits per heavy atom. The van der Waals surface area contributed by atoms with Crippen LogP contribution < -0.4 is 0 Å². The zero-order valence-corrected chi connectivity index (χ0v) is 6.10.